The van der Waals surface area contributed by atoms with Crippen molar-refractivity contribution in [3.05, 3.63) is 53.0 Å². The molecule has 1 aromatic carbocycles. The van der Waals surface area contributed by atoms with E-state index < -0.39 is 0 Å². The highest BCUT2D eigenvalue weighted by molar-refractivity contribution is 9.11. The third kappa shape index (κ3) is 2.68. The Morgan fingerprint density at radius 1 is 1.17 bits per heavy atom. The Kier molecular flexibility index (Phi) is 4.55. The first-order chi connectivity index (χ1) is 8.41. The van der Waals surface area contributed by atoms with Gasteiger partial charge < -0.3 is 5.73 Å². The number of benzene rings is 1. The number of thiophene rings is 1. The zero-order valence-electron chi connectivity index (χ0n) is 9.93. The van der Waals surface area contributed by atoms with Crippen LogP contribution in [0.1, 0.15) is 27.6 Å². The Morgan fingerprint density at radius 2 is 1.83 bits per heavy atom. The Hall–Kier alpha value is 0.130. The van der Waals surface area contributed by atoms with Crippen LogP contribution in [0.4, 0.5) is 0 Å². The molecule has 0 fully saturated rings. The Labute approximate surface area is 133 Å². The number of nitrogens with two attached hydrogens (primary N) is 1. The predicted octanol–water partition coefficient (Wildman–Crippen LogP) is 5.59. The van der Waals surface area contributed by atoms with E-state index in [0.29, 0.717) is 0 Å². The first kappa shape index (κ1) is 14.5. The summed E-state index contributed by atoms with van der Waals surface area (Å²) in [7, 11) is 0. The lowest BCUT2D eigenvalue weighted by Crippen LogP contribution is -2.11. The van der Waals surface area contributed by atoms with Gasteiger partial charge in [-0.05, 0) is 48.1 Å². The van der Waals surface area contributed by atoms with E-state index in [2.05, 4.69) is 44.0 Å². The first-order valence-corrected chi connectivity index (χ1v) is 8.20. The number of halogens is 3. The van der Waals surface area contributed by atoms with Crippen molar-refractivity contribution in [3.8, 4) is 0 Å². The number of hydrogen-bond donors (Lipinski definition) is 1. The summed E-state index contributed by atoms with van der Waals surface area (Å²) in [5, 5.41) is 2.81. The second kappa shape index (κ2) is 5.63. The molecule has 0 bridgehead atoms. The SMILES string of the molecule is Cc1cc(Br)c(C(N)c2scc(C)c2Cl)cc1Br. The Bertz CT molecular complexity index is 595. The summed E-state index contributed by atoms with van der Waals surface area (Å²) in [6.07, 6.45) is 0. The van der Waals surface area contributed by atoms with Gasteiger partial charge in [0, 0.05) is 13.8 Å². The molecule has 2 rings (SSSR count). The van der Waals surface area contributed by atoms with E-state index in [1.165, 1.54) is 5.56 Å². The monoisotopic (exact) mass is 407 g/mol. The van der Waals surface area contributed by atoms with E-state index in [1.54, 1.807) is 11.3 Å². The molecule has 0 spiro atoms. The largest absolute Gasteiger partial charge is 0.320 e. The molecule has 1 heterocycles. The minimum absolute atomic E-state index is 0.206. The van der Waals surface area contributed by atoms with E-state index in [1.807, 2.05) is 19.2 Å². The molecule has 18 heavy (non-hydrogen) atoms. The van der Waals surface area contributed by atoms with Crippen molar-refractivity contribution in [2.75, 3.05) is 0 Å². The van der Waals surface area contributed by atoms with Gasteiger partial charge in [0.2, 0.25) is 0 Å². The van der Waals surface area contributed by atoms with E-state index in [0.717, 1.165) is 30.0 Å². The molecule has 0 saturated heterocycles. The van der Waals surface area contributed by atoms with Crippen LogP contribution in [0.15, 0.2) is 26.5 Å². The van der Waals surface area contributed by atoms with Gasteiger partial charge in [0.15, 0.2) is 0 Å². The van der Waals surface area contributed by atoms with Crippen molar-refractivity contribution in [1.29, 1.82) is 0 Å². The lowest BCUT2D eigenvalue weighted by atomic mass is 10.0. The highest BCUT2D eigenvalue weighted by atomic mass is 79.9. The average Bonchev–Trinajstić information content (AvgIpc) is 2.64. The van der Waals surface area contributed by atoms with Crippen molar-refractivity contribution < 1.29 is 0 Å². The van der Waals surface area contributed by atoms with Gasteiger partial charge in [-0.1, -0.05) is 43.5 Å². The van der Waals surface area contributed by atoms with Crippen LogP contribution in [0, 0.1) is 13.8 Å². The van der Waals surface area contributed by atoms with Crippen LogP contribution in [0.2, 0.25) is 5.02 Å². The summed E-state index contributed by atoms with van der Waals surface area (Å²) < 4.78 is 2.07. The maximum Gasteiger partial charge on any atom is 0.0672 e. The molecule has 0 radical (unpaired) electrons. The molecule has 0 aliphatic rings. The molecule has 0 aliphatic heterocycles. The third-order valence-corrected chi connectivity index (χ3v) is 6.16. The van der Waals surface area contributed by atoms with Crippen molar-refractivity contribution in [1.82, 2.24) is 0 Å². The predicted molar refractivity (Wildman–Crippen MR) is 86.7 cm³/mol. The molecule has 1 unspecified atom stereocenters. The summed E-state index contributed by atoms with van der Waals surface area (Å²) in [5.74, 6) is 0. The van der Waals surface area contributed by atoms with Crippen LogP contribution in [0.3, 0.4) is 0 Å². The van der Waals surface area contributed by atoms with Crippen LogP contribution >= 0.6 is 54.8 Å². The standard InChI is InChI=1S/C13H12Br2ClNS/c1-6-3-10(15)8(4-9(6)14)12(17)13-11(16)7(2)5-18-13/h3-5,12H,17H2,1-2H3. The minimum atomic E-state index is -0.206. The van der Waals surface area contributed by atoms with Gasteiger partial charge in [0.1, 0.15) is 0 Å². The molecule has 96 valence electrons. The van der Waals surface area contributed by atoms with Gasteiger partial charge in [-0.2, -0.15) is 0 Å². The maximum atomic E-state index is 6.33. The van der Waals surface area contributed by atoms with Crippen molar-refractivity contribution in [3.63, 3.8) is 0 Å². The lowest BCUT2D eigenvalue weighted by molar-refractivity contribution is 0.884. The van der Waals surface area contributed by atoms with Crippen LogP contribution in [0.5, 0.6) is 0 Å². The van der Waals surface area contributed by atoms with Crippen molar-refractivity contribution >= 4 is 54.8 Å². The van der Waals surface area contributed by atoms with E-state index in [4.69, 9.17) is 17.3 Å². The second-order valence-electron chi connectivity index (χ2n) is 4.20. The summed E-state index contributed by atoms with van der Waals surface area (Å²) in [6, 6.07) is 3.91. The molecule has 1 atom stereocenters. The zero-order valence-corrected chi connectivity index (χ0v) is 14.7. The molecule has 1 nitrogen and oxygen atoms in total. The smallest absolute Gasteiger partial charge is 0.0672 e. The van der Waals surface area contributed by atoms with Crippen LogP contribution in [-0.4, -0.2) is 0 Å². The van der Waals surface area contributed by atoms with Gasteiger partial charge in [-0.25, -0.2) is 0 Å². The molecule has 1 aromatic heterocycles. The van der Waals surface area contributed by atoms with E-state index in [-0.39, 0.29) is 6.04 Å². The van der Waals surface area contributed by atoms with Gasteiger partial charge in [-0.15, -0.1) is 11.3 Å². The number of hydrogen-bond acceptors (Lipinski definition) is 2. The van der Waals surface area contributed by atoms with Crippen LogP contribution in [-0.2, 0) is 0 Å². The van der Waals surface area contributed by atoms with Gasteiger partial charge in [0.05, 0.1) is 11.1 Å². The molecule has 5 heteroatoms. The molecule has 2 aromatic rings. The maximum absolute atomic E-state index is 6.33. The molecule has 0 saturated carbocycles. The fraction of sp³-hybridized carbons (Fsp3) is 0.231. The van der Waals surface area contributed by atoms with Gasteiger partial charge in [-0.3, -0.25) is 0 Å². The first-order valence-electron chi connectivity index (χ1n) is 5.36. The molecular formula is C13H12Br2ClNS. The highest BCUT2D eigenvalue weighted by Crippen LogP contribution is 2.38. The fourth-order valence-electron chi connectivity index (χ4n) is 1.70. The number of rotatable bonds is 2. The normalized spacial score (nSPS) is 12.8. The molecule has 2 N–H and O–H groups in total. The molecule has 0 amide bonds. The van der Waals surface area contributed by atoms with E-state index in [9.17, 15) is 0 Å². The average molecular weight is 410 g/mol. The topological polar surface area (TPSA) is 26.0 Å². The zero-order chi connectivity index (χ0) is 13.4. The minimum Gasteiger partial charge on any atom is -0.320 e. The summed E-state index contributed by atoms with van der Waals surface area (Å²) in [4.78, 5) is 1.01. The van der Waals surface area contributed by atoms with E-state index >= 15 is 0 Å². The molecular weight excluding hydrogens is 397 g/mol. The van der Waals surface area contributed by atoms with Gasteiger partial charge >= 0.3 is 0 Å². The Balaban J connectivity index is 2.49. The summed E-state index contributed by atoms with van der Waals surface area (Å²) in [5.41, 5.74) is 9.61. The Morgan fingerprint density at radius 3 is 2.39 bits per heavy atom. The lowest BCUT2D eigenvalue weighted by Gasteiger charge is -2.15. The third-order valence-electron chi connectivity index (χ3n) is 2.82. The van der Waals surface area contributed by atoms with Crippen LogP contribution < -0.4 is 5.73 Å². The highest BCUT2D eigenvalue weighted by Gasteiger charge is 2.19. The number of aryl methyl sites for hydroxylation is 2. The summed E-state index contributed by atoms with van der Waals surface area (Å²) >= 11 is 15.0. The van der Waals surface area contributed by atoms with Crippen molar-refractivity contribution in [2.45, 2.75) is 19.9 Å². The fourth-order valence-corrected chi connectivity index (χ4v) is 4.10. The molecule has 0 aliphatic carbocycles. The van der Waals surface area contributed by atoms with Crippen LogP contribution in [0.25, 0.3) is 0 Å². The van der Waals surface area contributed by atoms with Gasteiger partial charge in [0.25, 0.3) is 0 Å². The van der Waals surface area contributed by atoms with Crippen molar-refractivity contribution in [2.24, 2.45) is 5.73 Å². The second-order valence-corrected chi connectivity index (χ2v) is 7.20. The summed E-state index contributed by atoms with van der Waals surface area (Å²) in [6.45, 7) is 4.04. The quantitative estimate of drug-likeness (QED) is 0.687.